The molecular formula is C19H17NO4. The number of anilines is 1. The van der Waals surface area contributed by atoms with Gasteiger partial charge in [0.25, 0.3) is 5.91 Å². The molecule has 0 saturated carbocycles. The fourth-order valence-corrected chi connectivity index (χ4v) is 2.25. The zero-order chi connectivity index (χ0) is 17.1. The molecule has 3 aromatic rings. The molecule has 122 valence electrons. The molecule has 0 fully saturated rings. The van der Waals surface area contributed by atoms with E-state index in [4.69, 9.17) is 9.15 Å². The molecule has 1 amide bonds. The molecule has 5 nitrogen and oxygen atoms in total. The van der Waals surface area contributed by atoms with Crippen molar-refractivity contribution in [2.45, 2.75) is 20.0 Å². The first kappa shape index (κ1) is 15.8. The number of benzene rings is 2. The van der Waals surface area contributed by atoms with Crippen molar-refractivity contribution in [2.75, 3.05) is 5.32 Å². The van der Waals surface area contributed by atoms with Gasteiger partial charge in [0.05, 0.1) is 0 Å². The van der Waals surface area contributed by atoms with E-state index in [9.17, 15) is 9.59 Å². The monoisotopic (exact) mass is 323 g/mol. The van der Waals surface area contributed by atoms with Gasteiger partial charge in [0.15, 0.2) is 6.10 Å². The Balaban J connectivity index is 1.71. The minimum absolute atomic E-state index is 0.256. The van der Waals surface area contributed by atoms with Crippen molar-refractivity contribution in [2.24, 2.45) is 0 Å². The molecule has 1 aromatic heterocycles. The molecule has 0 spiro atoms. The second-order valence-electron chi connectivity index (χ2n) is 5.57. The molecule has 0 aliphatic rings. The number of amides is 1. The lowest BCUT2D eigenvalue weighted by Crippen LogP contribution is -2.30. The predicted molar refractivity (Wildman–Crippen MR) is 92.4 cm³/mol. The smallest absolute Gasteiger partial charge is 0.336 e. The maximum absolute atomic E-state index is 12.2. The van der Waals surface area contributed by atoms with Crippen molar-refractivity contribution in [1.82, 2.24) is 0 Å². The molecular weight excluding hydrogens is 306 g/mol. The number of hydrogen-bond donors (Lipinski definition) is 1. The normalized spacial score (nSPS) is 11.9. The van der Waals surface area contributed by atoms with Gasteiger partial charge in [-0.2, -0.15) is 0 Å². The largest absolute Gasteiger partial charge is 0.481 e. The summed E-state index contributed by atoms with van der Waals surface area (Å²) in [6, 6.07) is 15.7. The van der Waals surface area contributed by atoms with Crippen molar-refractivity contribution in [3.8, 4) is 5.75 Å². The summed E-state index contributed by atoms with van der Waals surface area (Å²) in [5.41, 5.74) is 1.83. The lowest BCUT2D eigenvalue weighted by Gasteiger charge is -2.15. The summed E-state index contributed by atoms with van der Waals surface area (Å²) in [4.78, 5) is 23.5. The Morgan fingerprint density at radius 2 is 1.79 bits per heavy atom. The molecule has 0 radical (unpaired) electrons. The summed E-state index contributed by atoms with van der Waals surface area (Å²) < 4.78 is 10.8. The Morgan fingerprint density at radius 3 is 2.54 bits per heavy atom. The van der Waals surface area contributed by atoms with E-state index in [0.717, 1.165) is 10.9 Å². The number of ether oxygens (including phenoxy) is 1. The first-order valence-electron chi connectivity index (χ1n) is 7.59. The van der Waals surface area contributed by atoms with E-state index >= 15 is 0 Å². The molecule has 0 bridgehead atoms. The average Bonchev–Trinajstić information content (AvgIpc) is 2.56. The van der Waals surface area contributed by atoms with Gasteiger partial charge in [-0.05, 0) is 44.2 Å². The molecule has 2 aromatic carbocycles. The summed E-state index contributed by atoms with van der Waals surface area (Å²) in [6.45, 7) is 3.64. The summed E-state index contributed by atoms with van der Waals surface area (Å²) in [7, 11) is 0. The summed E-state index contributed by atoms with van der Waals surface area (Å²) in [6.07, 6.45) is -0.695. The Labute approximate surface area is 138 Å². The Bertz CT molecular complexity index is 928. The topological polar surface area (TPSA) is 68.5 Å². The van der Waals surface area contributed by atoms with Crippen LogP contribution in [0.2, 0.25) is 0 Å². The van der Waals surface area contributed by atoms with Crippen molar-refractivity contribution in [1.29, 1.82) is 0 Å². The van der Waals surface area contributed by atoms with E-state index in [1.165, 1.54) is 6.07 Å². The van der Waals surface area contributed by atoms with Crippen LogP contribution in [0, 0.1) is 6.92 Å². The third-order valence-corrected chi connectivity index (χ3v) is 3.60. The third-order valence-electron chi connectivity index (χ3n) is 3.60. The van der Waals surface area contributed by atoms with E-state index in [1.807, 2.05) is 31.2 Å². The van der Waals surface area contributed by atoms with Gasteiger partial charge in [-0.25, -0.2) is 4.79 Å². The van der Waals surface area contributed by atoms with Crippen LogP contribution in [-0.4, -0.2) is 12.0 Å². The van der Waals surface area contributed by atoms with Crippen LogP contribution in [0.1, 0.15) is 12.5 Å². The molecule has 1 atom stereocenters. The van der Waals surface area contributed by atoms with Gasteiger partial charge in [0.1, 0.15) is 11.3 Å². The van der Waals surface area contributed by atoms with E-state index in [0.29, 0.717) is 17.0 Å². The first-order chi connectivity index (χ1) is 11.5. The highest BCUT2D eigenvalue weighted by Crippen LogP contribution is 2.21. The van der Waals surface area contributed by atoms with E-state index in [2.05, 4.69) is 5.32 Å². The molecule has 5 heteroatoms. The van der Waals surface area contributed by atoms with Gasteiger partial charge in [-0.1, -0.05) is 17.7 Å². The zero-order valence-electron chi connectivity index (χ0n) is 13.4. The Hall–Kier alpha value is -3.08. The van der Waals surface area contributed by atoms with Crippen molar-refractivity contribution in [3.63, 3.8) is 0 Å². The fourth-order valence-electron chi connectivity index (χ4n) is 2.25. The van der Waals surface area contributed by atoms with E-state index in [-0.39, 0.29) is 5.91 Å². The number of nitrogens with one attached hydrogen (secondary N) is 1. The molecule has 1 N–H and O–H groups in total. The molecule has 0 unspecified atom stereocenters. The number of carbonyl (C=O) groups is 1. The van der Waals surface area contributed by atoms with Crippen molar-refractivity contribution < 1.29 is 13.9 Å². The van der Waals surface area contributed by atoms with Crippen LogP contribution in [0.15, 0.2) is 63.8 Å². The summed E-state index contributed by atoms with van der Waals surface area (Å²) >= 11 is 0. The van der Waals surface area contributed by atoms with Crippen LogP contribution in [-0.2, 0) is 4.79 Å². The molecule has 3 rings (SSSR count). The van der Waals surface area contributed by atoms with Gasteiger partial charge in [-0.15, -0.1) is 0 Å². The van der Waals surface area contributed by atoms with Crippen LogP contribution in [0.5, 0.6) is 5.75 Å². The van der Waals surface area contributed by atoms with E-state index in [1.54, 1.807) is 31.2 Å². The van der Waals surface area contributed by atoms with Gasteiger partial charge in [0.2, 0.25) is 0 Å². The van der Waals surface area contributed by atoms with Gasteiger partial charge in [0, 0.05) is 23.2 Å². The zero-order valence-corrected chi connectivity index (χ0v) is 13.4. The van der Waals surface area contributed by atoms with Crippen molar-refractivity contribution in [3.05, 3.63) is 70.6 Å². The van der Waals surface area contributed by atoms with Crippen molar-refractivity contribution >= 4 is 22.6 Å². The lowest BCUT2D eigenvalue weighted by molar-refractivity contribution is -0.122. The maximum Gasteiger partial charge on any atom is 0.336 e. The van der Waals surface area contributed by atoms with Crippen LogP contribution < -0.4 is 15.7 Å². The standard InChI is InChI=1S/C19H17NO4/c1-12-3-7-15(8-4-12)20-19(22)13(2)23-16-9-5-14-6-10-18(21)24-17(14)11-16/h3-11,13H,1-2H3,(H,20,22)/t13-/m0/s1. The maximum atomic E-state index is 12.2. The number of rotatable bonds is 4. The number of carbonyl (C=O) groups excluding carboxylic acids is 1. The number of aryl methyl sites for hydroxylation is 1. The highest BCUT2D eigenvalue weighted by Gasteiger charge is 2.15. The predicted octanol–water partition coefficient (Wildman–Crippen LogP) is 3.51. The SMILES string of the molecule is Cc1ccc(NC(=O)[C@H](C)Oc2ccc3ccc(=O)oc3c2)cc1. The third kappa shape index (κ3) is 3.63. The van der Waals surface area contributed by atoms with Crippen LogP contribution >= 0.6 is 0 Å². The van der Waals surface area contributed by atoms with Crippen LogP contribution in [0.4, 0.5) is 5.69 Å². The lowest BCUT2D eigenvalue weighted by atomic mass is 10.2. The fraction of sp³-hybridized carbons (Fsp3) is 0.158. The molecule has 24 heavy (non-hydrogen) atoms. The summed E-state index contributed by atoms with van der Waals surface area (Å²) in [5, 5.41) is 3.59. The molecule has 1 heterocycles. The second kappa shape index (κ2) is 6.58. The average molecular weight is 323 g/mol. The molecule has 0 aliphatic heterocycles. The van der Waals surface area contributed by atoms with Gasteiger partial charge >= 0.3 is 5.63 Å². The quantitative estimate of drug-likeness (QED) is 0.746. The van der Waals surface area contributed by atoms with Gasteiger partial charge in [-0.3, -0.25) is 4.79 Å². The molecule has 0 aliphatic carbocycles. The second-order valence-corrected chi connectivity index (χ2v) is 5.57. The highest BCUT2D eigenvalue weighted by molar-refractivity contribution is 5.94. The molecule has 0 saturated heterocycles. The summed E-state index contributed by atoms with van der Waals surface area (Å²) in [5.74, 6) is 0.205. The first-order valence-corrected chi connectivity index (χ1v) is 7.59. The van der Waals surface area contributed by atoms with Gasteiger partial charge < -0.3 is 14.5 Å². The Kier molecular flexibility index (Phi) is 4.33. The number of hydrogen-bond acceptors (Lipinski definition) is 4. The minimum Gasteiger partial charge on any atom is -0.481 e. The highest BCUT2D eigenvalue weighted by atomic mass is 16.5. The Morgan fingerprint density at radius 1 is 1.08 bits per heavy atom. The minimum atomic E-state index is -0.695. The number of fused-ring (bicyclic) bond motifs is 1. The van der Waals surface area contributed by atoms with E-state index < -0.39 is 11.7 Å². The van der Waals surface area contributed by atoms with Crippen LogP contribution in [0.3, 0.4) is 0 Å². The van der Waals surface area contributed by atoms with Crippen LogP contribution in [0.25, 0.3) is 11.0 Å².